The Bertz CT molecular complexity index is 1910. The molecule has 1 aliphatic rings. The third-order valence-corrected chi connectivity index (χ3v) is 7.30. The minimum Gasteiger partial charge on any atom is -0.415 e. The lowest BCUT2D eigenvalue weighted by molar-refractivity contribution is 0.115. The number of hydrogen-bond acceptors (Lipinski definition) is 12. The van der Waals surface area contributed by atoms with Crippen LogP contribution < -0.4 is 10.6 Å². The van der Waals surface area contributed by atoms with Crippen LogP contribution in [-0.2, 0) is 5.54 Å². The van der Waals surface area contributed by atoms with Crippen molar-refractivity contribution in [3.05, 3.63) is 108 Å². The molecule has 0 radical (unpaired) electrons. The molecule has 7 rings (SSSR count). The highest BCUT2D eigenvalue weighted by atomic mass is 19.3. The van der Waals surface area contributed by atoms with Crippen molar-refractivity contribution in [2.24, 2.45) is 0 Å². The smallest absolute Gasteiger partial charge is 0.314 e. The minimum absolute atomic E-state index is 0.0227. The van der Waals surface area contributed by atoms with E-state index in [0.29, 0.717) is 35.0 Å². The van der Waals surface area contributed by atoms with Crippen LogP contribution in [0, 0.1) is 0 Å². The van der Waals surface area contributed by atoms with Crippen LogP contribution in [-0.4, -0.2) is 46.4 Å². The predicted molar refractivity (Wildman–Crippen MR) is 165 cm³/mol. The van der Waals surface area contributed by atoms with E-state index in [-0.39, 0.29) is 17.3 Å². The van der Waals surface area contributed by atoms with Gasteiger partial charge in [-0.25, -0.2) is 19.9 Å². The quantitative estimate of drug-likeness (QED) is 0.142. The van der Waals surface area contributed by atoms with Crippen LogP contribution in [0.5, 0.6) is 0 Å². The van der Waals surface area contributed by atoms with Gasteiger partial charge in [-0.05, 0) is 31.4 Å². The van der Waals surface area contributed by atoms with Crippen molar-refractivity contribution in [2.75, 3.05) is 10.6 Å². The number of aromatic nitrogens is 8. The molecule has 2 N–H and O–H groups in total. The lowest BCUT2D eigenvalue weighted by Crippen LogP contribution is -2.28. The molecule has 12 nitrogen and oxygen atoms in total. The zero-order valence-corrected chi connectivity index (χ0v) is 25.5. The summed E-state index contributed by atoms with van der Waals surface area (Å²) in [6, 6.07) is 20.4. The third kappa shape index (κ3) is 7.76. The maximum absolute atomic E-state index is 12.5. The monoisotopic (exact) mass is 660 g/mol. The molecule has 0 aliphatic heterocycles. The molecule has 2 unspecified atom stereocenters. The average Bonchev–Trinajstić information content (AvgIpc) is 3.45. The topological polar surface area (TPSA) is 153 Å². The van der Waals surface area contributed by atoms with E-state index in [4.69, 9.17) is 8.83 Å². The molecule has 0 bridgehead atoms. The van der Waals surface area contributed by atoms with Gasteiger partial charge in [0.25, 0.3) is 23.6 Å². The molecule has 246 valence electrons. The largest absolute Gasteiger partial charge is 0.415 e. The predicted octanol–water partition coefficient (Wildman–Crippen LogP) is 7.24. The Labute approximate surface area is 271 Å². The molecule has 0 spiro atoms. The molecule has 0 amide bonds. The molecule has 4 aromatic heterocycles. The number of halogens is 4. The Balaban J connectivity index is 0.000000167. The second-order valence-electron chi connectivity index (χ2n) is 11.2. The fourth-order valence-corrected chi connectivity index (χ4v) is 4.69. The van der Waals surface area contributed by atoms with Crippen molar-refractivity contribution in [1.29, 1.82) is 0 Å². The van der Waals surface area contributed by atoms with Gasteiger partial charge in [0.15, 0.2) is 0 Å². The first-order valence-corrected chi connectivity index (χ1v) is 14.7. The SMILES string of the molecule is CC(C)(Nc1ncc(-c2nnc(C(F)F)o2)cn1)c1ccccc1.FC(F)c1nnc(-c2cnc(NC3CC3c3ccccc3)nc2)o1. The van der Waals surface area contributed by atoms with Crippen molar-refractivity contribution in [1.82, 2.24) is 40.3 Å². The van der Waals surface area contributed by atoms with Crippen LogP contribution in [0.4, 0.5) is 29.5 Å². The molecule has 1 aliphatic carbocycles. The number of rotatable bonds is 10. The summed E-state index contributed by atoms with van der Waals surface area (Å²) in [7, 11) is 0. The highest BCUT2D eigenvalue weighted by Crippen LogP contribution is 2.42. The summed E-state index contributed by atoms with van der Waals surface area (Å²) in [5.41, 5.74) is 2.76. The van der Waals surface area contributed by atoms with Crippen molar-refractivity contribution < 1.29 is 26.4 Å². The van der Waals surface area contributed by atoms with E-state index in [0.717, 1.165) is 12.0 Å². The highest BCUT2D eigenvalue weighted by Gasteiger charge is 2.38. The minimum atomic E-state index is -2.81. The molecular formula is C32H28F4N10O2. The Kier molecular flexibility index (Phi) is 9.31. The van der Waals surface area contributed by atoms with E-state index in [1.807, 2.05) is 62.4 Å². The number of alkyl halides is 4. The van der Waals surface area contributed by atoms with Gasteiger partial charge in [0.2, 0.25) is 11.9 Å². The van der Waals surface area contributed by atoms with Crippen molar-refractivity contribution >= 4 is 11.9 Å². The van der Waals surface area contributed by atoms with Gasteiger partial charge in [-0.1, -0.05) is 60.7 Å². The van der Waals surface area contributed by atoms with E-state index in [9.17, 15) is 17.6 Å². The Morgan fingerprint density at radius 1 is 0.667 bits per heavy atom. The lowest BCUT2D eigenvalue weighted by atomic mass is 9.95. The Hall–Kier alpha value is -5.80. The van der Waals surface area contributed by atoms with Crippen LogP contribution in [0.2, 0.25) is 0 Å². The molecule has 1 fully saturated rings. The molecule has 1 saturated carbocycles. The average molecular weight is 661 g/mol. The zero-order chi connectivity index (χ0) is 33.7. The second-order valence-corrected chi connectivity index (χ2v) is 11.2. The van der Waals surface area contributed by atoms with E-state index >= 15 is 0 Å². The normalized spacial score (nSPS) is 15.6. The van der Waals surface area contributed by atoms with Crippen LogP contribution in [0.25, 0.3) is 22.9 Å². The lowest BCUT2D eigenvalue weighted by Gasteiger charge is -2.26. The zero-order valence-electron chi connectivity index (χ0n) is 25.5. The fraction of sp³-hybridized carbons (Fsp3) is 0.250. The molecule has 48 heavy (non-hydrogen) atoms. The number of nitrogens with one attached hydrogen (secondary N) is 2. The summed E-state index contributed by atoms with van der Waals surface area (Å²) < 4.78 is 59.6. The van der Waals surface area contributed by atoms with E-state index in [1.165, 1.54) is 30.4 Å². The van der Waals surface area contributed by atoms with Gasteiger partial charge in [0, 0.05) is 36.7 Å². The summed E-state index contributed by atoms with van der Waals surface area (Å²) in [5, 5.41) is 20.2. The Morgan fingerprint density at radius 2 is 1.15 bits per heavy atom. The number of anilines is 2. The van der Waals surface area contributed by atoms with Crippen LogP contribution in [0.3, 0.4) is 0 Å². The van der Waals surface area contributed by atoms with Crippen molar-refractivity contribution in [3.8, 4) is 22.9 Å². The maximum Gasteiger partial charge on any atom is 0.314 e. The van der Waals surface area contributed by atoms with Gasteiger partial charge in [-0.2, -0.15) is 17.6 Å². The summed E-state index contributed by atoms with van der Waals surface area (Å²) in [6.07, 6.45) is 1.25. The third-order valence-electron chi connectivity index (χ3n) is 7.30. The summed E-state index contributed by atoms with van der Waals surface area (Å²) in [6.45, 7) is 4.01. The van der Waals surface area contributed by atoms with Gasteiger partial charge in [-0.3, -0.25) is 0 Å². The summed E-state index contributed by atoms with van der Waals surface area (Å²) >= 11 is 0. The second kappa shape index (κ2) is 13.9. The van der Waals surface area contributed by atoms with E-state index in [2.05, 4.69) is 63.1 Å². The molecule has 0 saturated heterocycles. The first kappa shape index (κ1) is 32.2. The number of benzene rings is 2. The van der Waals surface area contributed by atoms with Crippen molar-refractivity contribution in [2.45, 2.75) is 50.6 Å². The molecule has 2 atom stereocenters. The molecule has 16 heteroatoms. The van der Waals surface area contributed by atoms with Gasteiger partial charge < -0.3 is 19.5 Å². The maximum atomic E-state index is 12.5. The molecule has 4 heterocycles. The van der Waals surface area contributed by atoms with Gasteiger partial charge in [0.1, 0.15) is 0 Å². The highest BCUT2D eigenvalue weighted by molar-refractivity contribution is 5.52. The van der Waals surface area contributed by atoms with Crippen LogP contribution in [0.1, 0.15) is 61.9 Å². The van der Waals surface area contributed by atoms with Crippen LogP contribution in [0.15, 0.2) is 94.3 Å². The summed E-state index contributed by atoms with van der Waals surface area (Å²) in [5.74, 6) is -0.158. The number of hydrogen-bond donors (Lipinski definition) is 2. The van der Waals surface area contributed by atoms with Gasteiger partial charge >= 0.3 is 12.9 Å². The standard InChI is InChI=1S/C16H13F2N5O.C16H15F2N5O/c17-13(18)15-23-22-14(24-15)10-7-19-16(20-8-10)21-12-6-11(12)9-4-2-1-3-5-9;1-16(2,11-6-4-3-5-7-11)21-15-19-8-10(9-20-15)13-22-23-14(24-13)12(17)18/h1-5,7-8,11-13H,6H2,(H,19,20,21);3-9,12H,1-2H3,(H,19,20,21). The molecule has 2 aromatic carbocycles. The van der Waals surface area contributed by atoms with Gasteiger partial charge in [-0.15, -0.1) is 20.4 Å². The summed E-state index contributed by atoms with van der Waals surface area (Å²) in [4.78, 5) is 16.7. The molecule has 6 aromatic rings. The first-order chi connectivity index (χ1) is 23.2. The fourth-order valence-electron chi connectivity index (χ4n) is 4.69. The van der Waals surface area contributed by atoms with Gasteiger partial charge in [0.05, 0.1) is 16.7 Å². The number of nitrogens with zero attached hydrogens (tertiary/aromatic N) is 8. The van der Waals surface area contributed by atoms with Crippen molar-refractivity contribution in [3.63, 3.8) is 0 Å². The van der Waals surface area contributed by atoms with Crippen LogP contribution >= 0.6 is 0 Å². The van der Waals surface area contributed by atoms with E-state index < -0.39 is 24.6 Å². The molecular weight excluding hydrogens is 632 g/mol. The van der Waals surface area contributed by atoms with E-state index in [1.54, 1.807) is 0 Å². The Morgan fingerprint density at radius 3 is 1.62 bits per heavy atom. The first-order valence-electron chi connectivity index (χ1n) is 14.7.